The first-order chi connectivity index (χ1) is 11.0. The van der Waals surface area contributed by atoms with E-state index in [1.54, 1.807) is 0 Å². The molecule has 14 heteroatoms. The summed E-state index contributed by atoms with van der Waals surface area (Å²) in [6.45, 7) is -1.95. The summed E-state index contributed by atoms with van der Waals surface area (Å²) in [4.78, 5) is 0. The van der Waals surface area contributed by atoms with E-state index in [-0.39, 0.29) is 39.5 Å². The smallest absolute Gasteiger partial charge is 0.379 e. The average Bonchev–Trinajstić information content (AvgIpc) is 2.56. The van der Waals surface area contributed by atoms with Crippen molar-refractivity contribution in [2.75, 3.05) is 52.6 Å². The van der Waals surface area contributed by atoms with Crippen molar-refractivity contribution in [2.45, 2.75) is 10.00 Å². The van der Waals surface area contributed by atoms with Gasteiger partial charge in [0.05, 0.1) is 26.4 Å². The molecule has 0 saturated carbocycles. The van der Waals surface area contributed by atoms with Crippen molar-refractivity contribution in [3.05, 3.63) is 0 Å². The molecule has 0 bridgehead atoms. The van der Waals surface area contributed by atoms with E-state index >= 15 is 0 Å². The minimum Gasteiger partial charge on any atom is -0.379 e. The third-order valence-corrected chi connectivity index (χ3v) is 9.35. The minimum absolute atomic E-state index is 0.0955. The van der Waals surface area contributed by atoms with Crippen molar-refractivity contribution in [1.29, 1.82) is 0 Å². The molecule has 0 N–H and O–H groups in total. The molecule has 0 spiro atoms. The van der Waals surface area contributed by atoms with Crippen LogP contribution in [0.25, 0.3) is 0 Å². The Morgan fingerprint density at radius 1 is 0.750 bits per heavy atom. The van der Waals surface area contributed by atoms with E-state index in [9.17, 15) is 30.0 Å². The van der Waals surface area contributed by atoms with Crippen LogP contribution in [-0.4, -0.2) is 88.0 Å². The Labute approximate surface area is 140 Å². The quantitative estimate of drug-likeness (QED) is 0.558. The highest BCUT2D eigenvalue weighted by Crippen LogP contribution is 2.48. The van der Waals surface area contributed by atoms with Crippen molar-refractivity contribution < 1.29 is 39.5 Å². The van der Waals surface area contributed by atoms with Crippen LogP contribution in [0.15, 0.2) is 0 Å². The first-order valence-corrected chi connectivity index (χ1v) is 10.4. The Bertz CT molecular complexity index is 602. The van der Waals surface area contributed by atoms with E-state index in [2.05, 4.69) is 0 Å². The molecule has 2 saturated heterocycles. The molecule has 0 amide bonds. The molecule has 2 atom stereocenters. The third kappa shape index (κ3) is 3.19. The van der Waals surface area contributed by atoms with Gasteiger partial charge in [-0.25, -0.2) is 21.2 Å². The molecule has 0 aromatic heterocycles. The zero-order chi connectivity index (χ0) is 18.2. The van der Waals surface area contributed by atoms with Crippen LogP contribution < -0.4 is 0 Å². The van der Waals surface area contributed by atoms with Gasteiger partial charge in [0.1, 0.15) is 0 Å². The summed E-state index contributed by atoms with van der Waals surface area (Å²) in [5, 5.41) is -5.20. The molecule has 0 aromatic rings. The van der Waals surface area contributed by atoms with Crippen LogP contribution in [-0.2, 0) is 29.5 Å². The summed E-state index contributed by atoms with van der Waals surface area (Å²) < 4.78 is 98.8. The maximum Gasteiger partial charge on any atom is 0.411 e. The zero-order valence-corrected chi connectivity index (χ0v) is 15.3. The van der Waals surface area contributed by atoms with Crippen LogP contribution in [0.3, 0.4) is 0 Å². The van der Waals surface area contributed by atoms with Crippen molar-refractivity contribution in [2.24, 2.45) is 0 Å². The monoisotopic (exact) mass is 414 g/mol. The van der Waals surface area contributed by atoms with Gasteiger partial charge in [-0.2, -0.15) is 17.4 Å². The van der Waals surface area contributed by atoms with E-state index in [4.69, 9.17) is 9.47 Å². The number of sulfonamides is 2. The molecular formula is C10H18F3N2O6PS2. The standard InChI is InChI=1S/C10H18F3N2O6PS2/c11-9(12,23(16,17)14-1-5-20-6-2-14)10(13,22)24(18,19)15-3-7-21-8-4-15/h1-8,22H2. The molecule has 2 heterocycles. The second-order valence-corrected chi connectivity index (χ2v) is 10.4. The summed E-state index contributed by atoms with van der Waals surface area (Å²) in [7, 11) is -9.97. The SMILES string of the molecule is O=S(=O)(N1CCOCC1)C(F)(F)C(F)(P)S(=O)(=O)N1CCOCC1. The van der Waals surface area contributed by atoms with E-state index in [1.807, 2.05) is 0 Å². The lowest BCUT2D eigenvalue weighted by Crippen LogP contribution is -2.61. The van der Waals surface area contributed by atoms with Gasteiger partial charge >= 0.3 is 10.00 Å². The Balaban J connectivity index is 2.37. The van der Waals surface area contributed by atoms with Crippen LogP contribution in [0.4, 0.5) is 13.2 Å². The zero-order valence-electron chi connectivity index (χ0n) is 12.5. The lowest BCUT2D eigenvalue weighted by atomic mass is 10.5. The van der Waals surface area contributed by atoms with Gasteiger partial charge in [0.25, 0.3) is 20.0 Å². The largest absolute Gasteiger partial charge is 0.411 e. The second kappa shape index (κ2) is 6.93. The average molecular weight is 414 g/mol. The molecule has 142 valence electrons. The normalized spacial score (nSPS) is 25.3. The summed E-state index contributed by atoms with van der Waals surface area (Å²) in [5.74, 6) is 0. The number of nitrogens with zero attached hydrogens (tertiary/aromatic N) is 2. The lowest BCUT2D eigenvalue weighted by Gasteiger charge is -2.37. The predicted molar refractivity (Wildman–Crippen MR) is 81.1 cm³/mol. The predicted octanol–water partition coefficient (Wildman–Crippen LogP) is -0.598. The highest BCUT2D eigenvalue weighted by Gasteiger charge is 2.71. The molecule has 2 fully saturated rings. The summed E-state index contributed by atoms with van der Waals surface area (Å²) >= 11 is 0. The molecule has 0 radical (unpaired) electrons. The van der Waals surface area contributed by atoms with E-state index in [0.29, 0.717) is 8.61 Å². The molecule has 2 unspecified atom stereocenters. The third-order valence-electron chi connectivity index (χ3n) is 3.72. The number of ether oxygens (including phenoxy) is 2. The Morgan fingerprint density at radius 2 is 1.08 bits per heavy atom. The molecular weight excluding hydrogens is 396 g/mol. The summed E-state index contributed by atoms with van der Waals surface area (Å²) in [6.07, 6.45) is 0. The van der Waals surface area contributed by atoms with Gasteiger partial charge in [-0.05, 0) is 0 Å². The van der Waals surface area contributed by atoms with Crippen molar-refractivity contribution in [1.82, 2.24) is 8.61 Å². The number of halogens is 3. The van der Waals surface area contributed by atoms with Crippen LogP contribution in [0.2, 0.25) is 0 Å². The van der Waals surface area contributed by atoms with E-state index < -0.39 is 43.1 Å². The first kappa shape index (κ1) is 20.3. The van der Waals surface area contributed by atoms with Gasteiger partial charge in [-0.3, -0.25) is 0 Å². The second-order valence-electron chi connectivity index (χ2n) is 5.19. The molecule has 2 aliphatic heterocycles. The highest BCUT2D eigenvalue weighted by atomic mass is 32.2. The topological polar surface area (TPSA) is 93.2 Å². The molecule has 0 aliphatic carbocycles. The van der Waals surface area contributed by atoms with Crippen LogP contribution in [0, 0.1) is 0 Å². The van der Waals surface area contributed by atoms with Crippen molar-refractivity contribution >= 4 is 29.3 Å². The van der Waals surface area contributed by atoms with Gasteiger partial charge in [0.15, 0.2) is 0 Å². The molecule has 2 aliphatic rings. The van der Waals surface area contributed by atoms with Crippen LogP contribution >= 0.6 is 9.24 Å². The van der Waals surface area contributed by atoms with Gasteiger partial charge in [0.2, 0.25) is 0 Å². The van der Waals surface area contributed by atoms with Gasteiger partial charge in [-0.15, -0.1) is 0 Å². The summed E-state index contributed by atoms with van der Waals surface area (Å²) in [6, 6.07) is 0. The fourth-order valence-corrected chi connectivity index (χ4v) is 6.39. The van der Waals surface area contributed by atoms with Crippen molar-refractivity contribution in [3.63, 3.8) is 0 Å². The van der Waals surface area contributed by atoms with E-state index in [1.165, 1.54) is 0 Å². The minimum atomic E-state index is -5.55. The lowest BCUT2D eigenvalue weighted by molar-refractivity contribution is 0.00522. The maximum atomic E-state index is 14.8. The number of morpholine rings is 2. The molecule has 8 nitrogen and oxygen atoms in total. The highest BCUT2D eigenvalue weighted by molar-refractivity contribution is 7.97. The fraction of sp³-hybridized carbons (Fsp3) is 1.00. The Hall–Kier alpha value is -0.0400. The maximum absolute atomic E-state index is 14.8. The number of hydrogen-bond donors (Lipinski definition) is 0. The van der Waals surface area contributed by atoms with Crippen molar-refractivity contribution in [3.8, 4) is 0 Å². The Morgan fingerprint density at radius 3 is 1.46 bits per heavy atom. The number of alkyl halides is 3. The van der Waals surface area contributed by atoms with Gasteiger partial charge in [0, 0.05) is 26.2 Å². The van der Waals surface area contributed by atoms with Gasteiger partial charge in [-0.1, -0.05) is 9.24 Å². The number of rotatable bonds is 5. The summed E-state index contributed by atoms with van der Waals surface area (Å²) in [5.41, 5.74) is 0. The fourth-order valence-electron chi connectivity index (χ4n) is 2.25. The molecule has 24 heavy (non-hydrogen) atoms. The molecule has 0 aromatic carbocycles. The van der Waals surface area contributed by atoms with E-state index in [0.717, 1.165) is 9.24 Å². The Kier molecular flexibility index (Phi) is 5.86. The van der Waals surface area contributed by atoms with Gasteiger partial charge < -0.3 is 9.47 Å². The van der Waals surface area contributed by atoms with Crippen LogP contribution in [0.5, 0.6) is 0 Å². The first-order valence-electron chi connectivity index (χ1n) is 6.97. The van der Waals surface area contributed by atoms with Crippen LogP contribution in [0.1, 0.15) is 0 Å². The molecule has 2 rings (SSSR count). The number of hydrogen-bond acceptors (Lipinski definition) is 6.